The lowest BCUT2D eigenvalue weighted by Crippen LogP contribution is -2.53. The molecule has 4 aromatic rings. The third-order valence-corrected chi connectivity index (χ3v) is 11.7. The van der Waals surface area contributed by atoms with Gasteiger partial charge < -0.3 is 9.84 Å². The fourth-order valence-electron chi connectivity index (χ4n) is 8.94. The first-order valence-electron chi connectivity index (χ1n) is 16.9. The van der Waals surface area contributed by atoms with Crippen molar-refractivity contribution in [1.29, 1.82) is 0 Å². The highest BCUT2D eigenvalue weighted by atomic mass is 35.5. The zero-order valence-electron chi connectivity index (χ0n) is 28.0. The summed E-state index contributed by atoms with van der Waals surface area (Å²) in [5.74, 6) is -4.88. The smallest absolute Gasteiger partial charge is 0.260 e. The number of allylic oxidation sites excluding steroid dienone is 2. The molecule has 4 amide bonds. The van der Waals surface area contributed by atoms with Crippen LogP contribution in [0.4, 0.5) is 11.4 Å². The van der Waals surface area contributed by atoms with Crippen LogP contribution in [0.25, 0.3) is 6.08 Å². The minimum absolute atomic E-state index is 0.0173. The zero-order chi connectivity index (χ0) is 36.5. The van der Waals surface area contributed by atoms with Gasteiger partial charge in [0.2, 0.25) is 11.8 Å². The summed E-state index contributed by atoms with van der Waals surface area (Å²) in [6.07, 6.45) is 4.05. The number of phenolic OH excluding ortho intramolecular Hbond substituents is 1. The van der Waals surface area contributed by atoms with E-state index in [9.17, 15) is 19.5 Å². The fraction of sp³-hybridized carbons (Fsp3) is 0.220. The Morgan fingerprint density at radius 1 is 0.904 bits per heavy atom. The van der Waals surface area contributed by atoms with E-state index in [0.29, 0.717) is 33.3 Å². The number of hydrazine groups is 1. The van der Waals surface area contributed by atoms with E-state index in [1.54, 1.807) is 92.0 Å². The second-order valence-corrected chi connectivity index (χ2v) is 14.5. The number of hydrogen-bond acceptors (Lipinski definition) is 7. The largest absolute Gasteiger partial charge is 0.508 e. The van der Waals surface area contributed by atoms with Crippen molar-refractivity contribution in [3.05, 3.63) is 136 Å². The van der Waals surface area contributed by atoms with Crippen LogP contribution in [0.5, 0.6) is 11.5 Å². The summed E-state index contributed by atoms with van der Waals surface area (Å²) in [4.78, 5) is 59.9. The quantitative estimate of drug-likeness (QED) is 0.149. The lowest BCUT2D eigenvalue weighted by molar-refractivity contribution is -0.138. The molecular formula is C41H33Cl2N3O6. The van der Waals surface area contributed by atoms with Crippen molar-refractivity contribution in [3.63, 3.8) is 0 Å². The van der Waals surface area contributed by atoms with E-state index in [0.717, 1.165) is 16.1 Å². The van der Waals surface area contributed by atoms with Crippen LogP contribution in [0.1, 0.15) is 35.4 Å². The summed E-state index contributed by atoms with van der Waals surface area (Å²) >= 11 is 12.7. The summed E-state index contributed by atoms with van der Waals surface area (Å²) in [6.45, 7) is 3.79. The number of nitrogens with one attached hydrogen (secondary N) is 1. The number of carbonyl (C=O) groups is 4. The minimum atomic E-state index is -1.52. The third-order valence-electron chi connectivity index (χ3n) is 11.2. The molecule has 8 rings (SSSR count). The molecule has 0 radical (unpaired) electrons. The molecule has 4 aliphatic rings. The minimum Gasteiger partial charge on any atom is -0.508 e. The van der Waals surface area contributed by atoms with Crippen molar-refractivity contribution < 1.29 is 29.0 Å². The number of carbonyl (C=O) groups excluding carboxylic acids is 4. The lowest BCUT2D eigenvalue weighted by Gasteiger charge is -2.50. The molecule has 2 aliphatic heterocycles. The van der Waals surface area contributed by atoms with Gasteiger partial charge in [0.05, 0.1) is 46.7 Å². The number of methoxy groups -OCH3 is 1. The molecule has 3 fully saturated rings. The Bertz CT molecular complexity index is 2200. The van der Waals surface area contributed by atoms with Crippen LogP contribution in [0.3, 0.4) is 0 Å². The Kier molecular flexibility index (Phi) is 8.23. The van der Waals surface area contributed by atoms with Gasteiger partial charge in [-0.1, -0.05) is 83.9 Å². The molecule has 6 atom stereocenters. The predicted octanol–water partition coefficient (Wildman–Crippen LogP) is 7.54. The van der Waals surface area contributed by atoms with Crippen LogP contribution in [-0.2, 0) is 24.6 Å². The van der Waals surface area contributed by atoms with Gasteiger partial charge in [-0.25, -0.2) is 0 Å². The van der Waals surface area contributed by atoms with Crippen molar-refractivity contribution in [1.82, 2.24) is 5.01 Å². The van der Waals surface area contributed by atoms with Gasteiger partial charge in [0, 0.05) is 10.9 Å². The number of hydrogen-bond donors (Lipinski definition) is 2. The molecule has 2 heterocycles. The number of nitrogens with zero attached hydrogens (tertiary/aromatic N) is 2. The highest BCUT2D eigenvalue weighted by Gasteiger charge is 2.70. The maximum atomic E-state index is 15.3. The standard InChI is InChI=1S/C41H33Cl2N3O6/c1-3-22-7-12-26(13-8-22)45-37(48)30-17-16-29-31(35(30)39(45)50)21-32-38(49)46(44-34-18-11-25(42)20-33(34)43)40(51)41(32,24-9-14-28(52-2)15-10-24)36(29)23-5-4-6-27(47)19-23/h3-16,18-20,30-32,35-36,44,47H,1,17,21H2,2H3. The molecule has 6 unspecified atom stereocenters. The number of fused-ring (bicyclic) bond motifs is 4. The first-order chi connectivity index (χ1) is 25.1. The Labute approximate surface area is 310 Å². The SMILES string of the molecule is C=Cc1ccc(N2C(=O)C3CC=C4C(CC5C(=O)N(Nc6ccc(Cl)cc6Cl)C(=O)C5(c5ccc(OC)cc5)C4c4cccc(O)c4)C3C2=O)cc1. The van der Waals surface area contributed by atoms with Gasteiger partial charge in [0.1, 0.15) is 11.5 Å². The number of halogens is 2. The molecule has 2 N–H and O–H groups in total. The van der Waals surface area contributed by atoms with Gasteiger partial charge >= 0.3 is 0 Å². The maximum Gasteiger partial charge on any atom is 0.260 e. The van der Waals surface area contributed by atoms with Gasteiger partial charge in [-0.05, 0) is 90.0 Å². The number of imide groups is 2. The van der Waals surface area contributed by atoms with Crippen molar-refractivity contribution >= 4 is 64.3 Å². The lowest BCUT2D eigenvalue weighted by atomic mass is 9.49. The fourth-order valence-corrected chi connectivity index (χ4v) is 9.39. The van der Waals surface area contributed by atoms with Crippen molar-refractivity contribution in [3.8, 4) is 11.5 Å². The topological polar surface area (TPSA) is 116 Å². The molecule has 2 aliphatic carbocycles. The van der Waals surface area contributed by atoms with Crippen LogP contribution >= 0.6 is 23.2 Å². The van der Waals surface area contributed by atoms with Gasteiger partial charge in [-0.3, -0.25) is 29.5 Å². The number of aromatic hydroxyl groups is 1. The van der Waals surface area contributed by atoms with Gasteiger partial charge in [0.25, 0.3) is 11.8 Å². The van der Waals surface area contributed by atoms with Gasteiger partial charge in [-0.15, -0.1) is 0 Å². The summed E-state index contributed by atoms with van der Waals surface area (Å²) in [6, 6.07) is 25.5. The molecule has 52 heavy (non-hydrogen) atoms. The molecule has 2 saturated heterocycles. The third kappa shape index (κ3) is 4.98. The Morgan fingerprint density at radius 2 is 1.65 bits per heavy atom. The molecular weight excluding hydrogens is 701 g/mol. The molecule has 1 saturated carbocycles. The van der Waals surface area contributed by atoms with Crippen LogP contribution in [0, 0.1) is 23.7 Å². The van der Waals surface area contributed by atoms with E-state index in [1.807, 2.05) is 12.1 Å². The van der Waals surface area contributed by atoms with Crippen LogP contribution in [0.2, 0.25) is 10.0 Å². The highest BCUT2D eigenvalue weighted by Crippen LogP contribution is 2.64. The Morgan fingerprint density at radius 3 is 2.33 bits per heavy atom. The number of anilines is 2. The number of phenols is 1. The molecule has 11 heteroatoms. The van der Waals surface area contributed by atoms with Gasteiger partial charge in [-0.2, -0.15) is 5.01 Å². The number of benzene rings is 4. The van der Waals surface area contributed by atoms with Crippen LogP contribution in [-0.4, -0.2) is 40.9 Å². The van der Waals surface area contributed by atoms with Crippen molar-refractivity contribution in [2.45, 2.75) is 24.2 Å². The summed E-state index contributed by atoms with van der Waals surface area (Å²) in [5, 5.41) is 12.4. The van der Waals surface area contributed by atoms with E-state index >= 15 is 4.79 Å². The van der Waals surface area contributed by atoms with Crippen molar-refractivity contribution in [2.75, 3.05) is 17.4 Å². The van der Waals surface area contributed by atoms with E-state index in [4.69, 9.17) is 27.9 Å². The molecule has 9 nitrogen and oxygen atoms in total. The Balaban J connectivity index is 1.31. The average Bonchev–Trinajstić information content (AvgIpc) is 3.53. The number of rotatable bonds is 7. The number of ether oxygens (including phenoxy) is 1. The Hall–Kier alpha value is -5.38. The van der Waals surface area contributed by atoms with E-state index < -0.39 is 46.8 Å². The van der Waals surface area contributed by atoms with Gasteiger partial charge in [0.15, 0.2) is 0 Å². The normalized spacial score (nSPS) is 26.4. The van der Waals surface area contributed by atoms with Crippen LogP contribution in [0.15, 0.2) is 109 Å². The molecule has 262 valence electrons. The molecule has 4 aromatic carbocycles. The van der Waals surface area contributed by atoms with E-state index in [2.05, 4.69) is 12.0 Å². The van der Waals surface area contributed by atoms with E-state index in [-0.39, 0.29) is 35.4 Å². The molecule has 0 aromatic heterocycles. The first-order valence-corrected chi connectivity index (χ1v) is 17.7. The average molecular weight is 735 g/mol. The molecule has 0 spiro atoms. The first kappa shape index (κ1) is 33.7. The predicted molar refractivity (Wildman–Crippen MR) is 198 cm³/mol. The molecule has 0 bridgehead atoms. The zero-order valence-corrected chi connectivity index (χ0v) is 29.5. The number of amides is 4. The highest BCUT2D eigenvalue weighted by molar-refractivity contribution is 6.36. The summed E-state index contributed by atoms with van der Waals surface area (Å²) < 4.78 is 5.45. The second-order valence-electron chi connectivity index (χ2n) is 13.6. The summed E-state index contributed by atoms with van der Waals surface area (Å²) in [5.41, 5.74) is 5.01. The van der Waals surface area contributed by atoms with Crippen LogP contribution < -0.4 is 15.1 Å². The van der Waals surface area contributed by atoms with E-state index in [1.165, 1.54) is 11.0 Å². The maximum absolute atomic E-state index is 15.3. The van der Waals surface area contributed by atoms with Crippen molar-refractivity contribution in [2.24, 2.45) is 23.7 Å². The monoisotopic (exact) mass is 733 g/mol. The summed E-state index contributed by atoms with van der Waals surface area (Å²) in [7, 11) is 1.54. The second kappa shape index (κ2) is 12.7.